The second-order valence-corrected chi connectivity index (χ2v) is 8.53. The van der Waals surface area contributed by atoms with Gasteiger partial charge in [-0.2, -0.15) is 5.10 Å². The van der Waals surface area contributed by atoms with Crippen LogP contribution in [0.4, 0.5) is 0 Å². The molecule has 1 aliphatic heterocycles. The summed E-state index contributed by atoms with van der Waals surface area (Å²) in [6, 6.07) is 7.98. The van der Waals surface area contributed by atoms with E-state index in [0.717, 1.165) is 53.6 Å². The maximum absolute atomic E-state index is 12.8. The van der Waals surface area contributed by atoms with Crippen LogP contribution in [0.5, 0.6) is 0 Å². The minimum Gasteiger partial charge on any atom is -0.340 e. The number of nitrogens with zero attached hydrogens (tertiary/aromatic N) is 4. The van der Waals surface area contributed by atoms with Gasteiger partial charge >= 0.3 is 0 Å². The monoisotopic (exact) mass is 452 g/mol. The molecule has 3 rings (SSSR count). The van der Waals surface area contributed by atoms with Crippen LogP contribution < -0.4 is 0 Å². The lowest BCUT2D eigenvalue weighted by atomic mass is 10.1. The summed E-state index contributed by atoms with van der Waals surface area (Å²) < 4.78 is 2.96. The van der Waals surface area contributed by atoms with E-state index in [-0.39, 0.29) is 11.8 Å². The first kappa shape index (κ1) is 20.4. The average molecular weight is 454 g/mol. The van der Waals surface area contributed by atoms with Crippen LogP contribution in [0, 0.1) is 19.8 Å². The van der Waals surface area contributed by atoms with E-state index < -0.39 is 0 Å². The summed E-state index contributed by atoms with van der Waals surface area (Å²) >= 11 is 9.50. The number of hydrogen-bond donors (Lipinski definition) is 0. The number of hydrogen-bond acceptors (Lipinski definition) is 3. The predicted octanol–water partition coefficient (Wildman–Crippen LogP) is 3.90. The number of aromatic nitrogens is 2. The smallest absolute Gasteiger partial charge is 0.227 e. The molecule has 27 heavy (non-hydrogen) atoms. The summed E-state index contributed by atoms with van der Waals surface area (Å²) in [5.74, 6) is 0.127. The van der Waals surface area contributed by atoms with Gasteiger partial charge in [0.25, 0.3) is 0 Å². The Bertz CT molecular complexity index is 797. The highest BCUT2D eigenvalue weighted by Gasteiger charge is 2.26. The molecule has 0 N–H and O–H groups in total. The van der Waals surface area contributed by atoms with Crippen molar-refractivity contribution in [3.8, 4) is 0 Å². The maximum atomic E-state index is 12.8. The summed E-state index contributed by atoms with van der Waals surface area (Å²) in [7, 11) is 0. The van der Waals surface area contributed by atoms with E-state index in [1.807, 2.05) is 42.5 Å². The van der Waals surface area contributed by atoms with Gasteiger partial charge < -0.3 is 4.90 Å². The van der Waals surface area contributed by atoms with Gasteiger partial charge in [0.1, 0.15) is 0 Å². The maximum Gasteiger partial charge on any atom is 0.227 e. The Morgan fingerprint density at radius 2 is 1.81 bits per heavy atom. The van der Waals surface area contributed by atoms with Crippen LogP contribution >= 0.6 is 27.5 Å². The van der Waals surface area contributed by atoms with Crippen LogP contribution in [0.3, 0.4) is 0 Å². The van der Waals surface area contributed by atoms with Crippen molar-refractivity contribution in [1.82, 2.24) is 19.6 Å². The molecule has 2 aromatic rings. The topological polar surface area (TPSA) is 41.4 Å². The zero-order chi connectivity index (χ0) is 19.6. The summed E-state index contributed by atoms with van der Waals surface area (Å²) in [4.78, 5) is 17.2. The molecule has 1 atom stereocenters. The Morgan fingerprint density at radius 1 is 1.19 bits per heavy atom. The van der Waals surface area contributed by atoms with Crippen LogP contribution in [0.2, 0.25) is 5.02 Å². The van der Waals surface area contributed by atoms with Crippen molar-refractivity contribution in [2.75, 3.05) is 26.2 Å². The Hall–Kier alpha value is -1.37. The summed E-state index contributed by atoms with van der Waals surface area (Å²) in [5.41, 5.74) is 3.28. The molecule has 1 aromatic carbocycles. The van der Waals surface area contributed by atoms with Crippen molar-refractivity contribution >= 4 is 33.4 Å². The molecule has 0 saturated carbocycles. The molecule has 2 heterocycles. The summed E-state index contributed by atoms with van der Waals surface area (Å²) in [6.07, 6.45) is 0. The molecule has 0 bridgehead atoms. The van der Waals surface area contributed by atoms with Crippen LogP contribution in [0.25, 0.3) is 0 Å². The zero-order valence-corrected chi connectivity index (χ0v) is 18.4. The standard InChI is InChI=1S/C20H26BrClN4O/c1-14(12-26-16(3)19(21)15(2)23-26)20(27)25-10-8-24(9-11-25)13-17-4-6-18(22)7-5-17/h4-7,14H,8-13H2,1-3H3. The highest BCUT2D eigenvalue weighted by molar-refractivity contribution is 9.10. The second kappa shape index (κ2) is 8.76. The molecule has 1 fully saturated rings. The van der Waals surface area contributed by atoms with Gasteiger partial charge in [-0.1, -0.05) is 30.7 Å². The minimum absolute atomic E-state index is 0.0854. The Labute approximate surface area is 174 Å². The average Bonchev–Trinajstić information content (AvgIpc) is 2.90. The van der Waals surface area contributed by atoms with Crippen molar-refractivity contribution in [3.05, 3.63) is 50.7 Å². The third kappa shape index (κ3) is 4.92. The predicted molar refractivity (Wildman–Crippen MR) is 112 cm³/mol. The first-order chi connectivity index (χ1) is 12.8. The Kier molecular flexibility index (Phi) is 6.61. The number of carbonyl (C=O) groups is 1. The molecule has 0 radical (unpaired) electrons. The van der Waals surface area contributed by atoms with Crippen molar-refractivity contribution in [1.29, 1.82) is 0 Å². The second-order valence-electron chi connectivity index (χ2n) is 7.30. The first-order valence-corrected chi connectivity index (χ1v) is 10.5. The van der Waals surface area contributed by atoms with E-state index in [1.54, 1.807) is 0 Å². The van der Waals surface area contributed by atoms with E-state index in [2.05, 4.69) is 38.1 Å². The molecular formula is C20H26BrClN4O. The molecule has 0 aliphatic carbocycles. The van der Waals surface area contributed by atoms with Gasteiger partial charge in [0, 0.05) is 43.4 Å². The number of benzene rings is 1. The van der Waals surface area contributed by atoms with E-state index in [0.29, 0.717) is 6.54 Å². The van der Waals surface area contributed by atoms with Crippen LogP contribution in [-0.4, -0.2) is 51.7 Å². The number of halogens is 2. The SMILES string of the molecule is Cc1nn(CC(C)C(=O)N2CCN(Cc3ccc(Cl)cc3)CC2)c(C)c1Br. The number of amides is 1. The molecule has 1 aromatic heterocycles. The summed E-state index contributed by atoms with van der Waals surface area (Å²) in [6.45, 7) is 10.8. The van der Waals surface area contributed by atoms with E-state index in [9.17, 15) is 4.79 Å². The minimum atomic E-state index is -0.0854. The molecule has 7 heteroatoms. The third-order valence-corrected chi connectivity index (χ3v) is 6.56. The number of rotatable bonds is 5. The molecule has 1 amide bonds. The highest BCUT2D eigenvalue weighted by Crippen LogP contribution is 2.21. The fourth-order valence-electron chi connectivity index (χ4n) is 3.48. The van der Waals surface area contributed by atoms with Crippen molar-refractivity contribution in [2.45, 2.75) is 33.9 Å². The first-order valence-electron chi connectivity index (χ1n) is 9.30. The Balaban J connectivity index is 1.51. The van der Waals surface area contributed by atoms with Crippen LogP contribution in [-0.2, 0) is 17.9 Å². The molecule has 1 aliphatic rings. The van der Waals surface area contributed by atoms with Gasteiger partial charge in [-0.15, -0.1) is 0 Å². The van der Waals surface area contributed by atoms with Gasteiger partial charge in [0.2, 0.25) is 5.91 Å². The molecule has 5 nitrogen and oxygen atoms in total. The van der Waals surface area contributed by atoms with Crippen molar-refractivity contribution in [2.24, 2.45) is 5.92 Å². The Morgan fingerprint density at radius 3 is 2.37 bits per heavy atom. The number of piperazine rings is 1. The molecular weight excluding hydrogens is 428 g/mol. The largest absolute Gasteiger partial charge is 0.340 e. The fraction of sp³-hybridized carbons (Fsp3) is 0.500. The van der Waals surface area contributed by atoms with Crippen molar-refractivity contribution < 1.29 is 4.79 Å². The molecule has 1 unspecified atom stereocenters. The zero-order valence-electron chi connectivity index (χ0n) is 16.1. The number of aryl methyl sites for hydroxylation is 1. The van der Waals surface area contributed by atoms with E-state index in [4.69, 9.17) is 11.6 Å². The van der Waals surface area contributed by atoms with Crippen molar-refractivity contribution in [3.63, 3.8) is 0 Å². The van der Waals surface area contributed by atoms with Crippen LogP contribution in [0.15, 0.2) is 28.7 Å². The third-order valence-electron chi connectivity index (χ3n) is 5.16. The molecule has 146 valence electrons. The van der Waals surface area contributed by atoms with Gasteiger partial charge in [-0.05, 0) is 47.5 Å². The molecule has 1 saturated heterocycles. The lowest BCUT2D eigenvalue weighted by Gasteiger charge is -2.36. The van der Waals surface area contributed by atoms with Gasteiger partial charge in [0.15, 0.2) is 0 Å². The van der Waals surface area contributed by atoms with Crippen LogP contribution in [0.1, 0.15) is 23.9 Å². The quantitative estimate of drug-likeness (QED) is 0.689. The van der Waals surface area contributed by atoms with Gasteiger partial charge in [0.05, 0.1) is 22.6 Å². The van der Waals surface area contributed by atoms with E-state index >= 15 is 0 Å². The van der Waals surface area contributed by atoms with Gasteiger partial charge in [-0.3, -0.25) is 14.4 Å². The lowest BCUT2D eigenvalue weighted by Crippen LogP contribution is -2.50. The molecule has 0 spiro atoms. The normalized spacial score (nSPS) is 16.6. The fourth-order valence-corrected chi connectivity index (χ4v) is 3.89. The highest BCUT2D eigenvalue weighted by atomic mass is 79.9. The summed E-state index contributed by atoms with van der Waals surface area (Å²) in [5, 5.41) is 5.29. The van der Waals surface area contributed by atoms with E-state index in [1.165, 1.54) is 5.56 Å². The van der Waals surface area contributed by atoms with Gasteiger partial charge in [-0.25, -0.2) is 0 Å². The number of carbonyl (C=O) groups excluding carboxylic acids is 1. The lowest BCUT2D eigenvalue weighted by molar-refractivity contribution is -0.137.